The van der Waals surface area contributed by atoms with Gasteiger partial charge in [0.1, 0.15) is 12.4 Å². The summed E-state index contributed by atoms with van der Waals surface area (Å²) >= 11 is 0. The normalized spacial score (nSPS) is 13.8. The van der Waals surface area contributed by atoms with E-state index in [2.05, 4.69) is 0 Å². The largest absolute Gasteiger partial charge is 0.368 e. The number of hydrogen-bond acceptors (Lipinski definition) is 2. The third-order valence-electron chi connectivity index (χ3n) is 1.00. The summed E-state index contributed by atoms with van der Waals surface area (Å²) in [7, 11) is 0. The van der Waals surface area contributed by atoms with Gasteiger partial charge in [0.15, 0.2) is 0 Å². The van der Waals surface area contributed by atoms with Crippen molar-refractivity contribution in [2.24, 2.45) is 0 Å². The molecule has 54 valence electrons. The first-order chi connectivity index (χ1) is 4.20. The molecule has 0 fully saturated rings. The van der Waals surface area contributed by atoms with E-state index in [9.17, 15) is 4.79 Å². The zero-order chi connectivity index (χ0) is 7.28. The Kier molecular flexibility index (Phi) is 4.32. The minimum absolute atomic E-state index is 0.153. The van der Waals surface area contributed by atoms with E-state index in [0.29, 0.717) is 0 Å². The summed E-state index contributed by atoms with van der Waals surface area (Å²) in [4.78, 5) is 10.1. The maximum atomic E-state index is 10.1. The van der Waals surface area contributed by atoms with Crippen molar-refractivity contribution in [3.8, 4) is 0 Å². The fraction of sp³-hybridized carbons (Fsp3) is 0.857. The number of aldehydes is 1. The summed E-state index contributed by atoms with van der Waals surface area (Å²) in [6, 6.07) is 0. The van der Waals surface area contributed by atoms with E-state index in [1.165, 1.54) is 0 Å². The van der Waals surface area contributed by atoms with Gasteiger partial charge in [-0.1, -0.05) is 6.92 Å². The van der Waals surface area contributed by atoms with Gasteiger partial charge in [-0.25, -0.2) is 0 Å². The maximum Gasteiger partial charge on any atom is 0.148 e. The summed E-state index contributed by atoms with van der Waals surface area (Å²) in [5.74, 6) is 0. The molecule has 0 aromatic heterocycles. The second-order valence-corrected chi connectivity index (χ2v) is 2.27. The first-order valence-corrected chi connectivity index (χ1v) is 3.31. The standard InChI is InChI=1S/C7H14O2/c1-4-7(5-8)9-6(2)3/h5-7H,4H2,1-3H3. The molecule has 0 amide bonds. The third-order valence-corrected chi connectivity index (χ3v) is 1.00. The molecule has 0 aliphatic heterocycles. The molecule has 0 aliphatic rings. The van der Waals surface area contributed by atoms with Crippen LogP contribution in [0, 0.1) is 0 Å². The Hall–Kier alpha value is -0.370. The molecular weight excluding hydrogens is 116 g/mol. The van der Waals surface area contributed by atoms with Crippen LogP contribution < -0.4 is 0 Å². The van der Waals surface area contributed by atoms with E-state index < -0.39 is 0 Å². The molecular formula is C7H14O2. The first kappa shape index (κ1) is 8.63. The summed E-state index contributed by atoms with van der Waals surface area (Å²) in [5.41, 5.74) is 0. The Morgan fingerprint density at radius 1 is 1.56 bits per heavy atom. The Bertz CT molecular complexity index is 79.0. The van der Waals surface area contributed by atoms with Crippen molar-refractivity contribution in [1.29, 1.82) is 0 Å². The van der Waals surface area contributed by atoms with Gasteiger partial charge in [-0.3, -0.25) is 0 Å². The molecule has 0 aromatic rings. The molecule has 0 spiro atoms. The number of rotatable bonds is 4. The minimum atomic E-state index is -0.204. The molecule has 0 heterocycles. The molecule has 0 saturated carbocycles. The molecule has 0 rings (SSSR count). The van der Waals surface area contributed by atoms with Crippen LogP contribution in [0.2, 0.25) is 0 Å². The van der Waals surface area contributed by atoms with Crippen molar-refractivity contribution in [2.75, 3.05) is 0 Å². The van der Waals surface area contributed by atoms with Crippen LogP contribution in [-0.2, 0) is 9.53 Å². The summed E-state index contributed by atoms with van der Waals surface area (Å²) in [6.07, 6.45) is 1.56. The second-order valence-electron chi connectivity index (χ2n) is 2.27. The van der Waals surface area contributed by atoms with Gasteiger partial charge in [0.2, 0.25) is 0 Å². The van der Waals surface area contributed by atoms with E-state index in [-0.39, 0.29) is 12.2 Å². The van der Waals surface area contributed by atoms with Gasteiger partial charge < -0.3 is 9.53 Å². The lowest BCUT2D eigenvalue weighted by atomic mass is 10.3. The number of carbonyl (C=O) groups excluding carboxylic acids is 1. The van der Waals surface area contributed by atoms with Crippen LogP contribution in [0.15, 0.2) is 0 Å². The number of hydrogen-bond donors (Lipinski definition) is 0. The Balaban J connectivity index is 3.42. The predicted molar refractivity (Wildman–Crippen MR) is 36.4 cm³/mol. The lowest BCUT2D eigenvalue weighted by Gasteiger charge is -2.11. The minimum Gasteiger partial charge on any atom is -0.368 e. The molecule has 0 radical (unpaired) electrons. The number of carbonyl (C=O) groups is 1. The summed E-state index contributed by atoms with van der Waals surface area (Å²) < 4.78 is 5.18. The topological polar surface area (TPSA) is 26.3 Å². The van der Waals surface area contributed by atoms with Gasteiger partial charge in [-0.05, 0) is 20.3 Å². The molecule has 2 nitrogen and oxygen atoms in total. The van der Waals surface area contributed by atoms with E-state index >= 15 is 0 Å². The third kappa shape index (κ3) is 4.15. The Morgan fingerprint density at radius 3 is 2.22 bits per heavy atom. The zero-order valence-corrected chi connectivity index (χ0v) is 6.26. The van der Waals surface area contributed by atoms with Crippen molar-refractivity contribution in [3.63, 3.8) is 0 Å². The van der Waals surface area contributed by atoms with Gasteiger partial charge in [-0.2, -0.15) is 0 Å². The Labute approximate surface area is 56.2 Å². The van der Waals surface area contributed by atoms with E-state index in [4.69, 9.17) is 4.74 Å². The fourth-order valence-electron chi connectivity index (χ4n) is 0.574. The monoisotopic (exact) mass is 130 g/mol. The predicted octanol–water partition coefficient (Wildman–Crippen LogP) is 1.39. The van der Waals surface area contributed by atoms with Crippen LogP contribution in [0.1, 0.15) is 27.2 Å². The highest BCUT2D eigenvalue weighted by Crippen LogP contribution is 1.98. The van der Waals surface area contributed by atoms with Gasteiger partial charge in [0.05, 0.1) is 6.10 Å². The molecule has 1 unspecified atom stereocenters. The van der Waals surface area contributed by atoms with Gasteiger partial charge >= 0.3 is 0 Å². The van der Waals surface area contributed by atoms with E-state index in [1.807, 2.05) is 20.8 Å². The van der Waals surface area contributed by atoms with Gasteiger partial charge in [-0.15, -0.1) is 0 Å². The highest BCUT2D eigenvalue weighted by Gasteiger charge is 2.04. The van der Waals surface area contributed by atoms with Gasteiger partial charge in [0.25, 0.3) is 0 Å². The lowest BCUT2D eigenvalue weighted by molar-refractivity contribution is -0.120. The molecule has 9 heavy (non-hydrogen) atoms. The summed E-state index contributed by atoms with van der Waals surface area (Å²) in [5, 5.41) is 0. The maximum absolute atomic E-state index is 10.1. The van der Waals surface area contributed by atoms with Crippen molar-refractivity contribution in [3.05, 3.63) is 0 Å². The van der Waals surface area contributed by atoms with Crippen LogP contribution >= 0.6 is 0 Å². The first-order valence-electron chi connectivity index (χ1n) is 3.31. The van der Waals surface area contributed by atoms with Crippen molar-refractivity contribution >= 4 is 6.29 Å². The molecule has 1 atom stereocenters. The van der Waals surface area contributed by atoms with E-state index in [1.54, 1.807) is 0 Å². The van der Waals surface area contributed by atoms with Crippen LogP contribution in [0.25, 0.3) is 0 Å². The molecule has 0 bridgehead atoms. The van der Waals surface area contributed by atoms with Crippen molar-refractivity contribution in [1.82, 2.24) is 0 Å². The van der Waals surface area contributed by atoms with Crippen LogP contribution in [-0.4, -0.2) is 18.5 Å². The van der Waals surface area contributed by atoms with E-state index in [0.717, 1.165) is 12.7 Å². The summed E-state index contributed by atoms with van der Waals surface area (Å²) in [6.45, 7) is 5.78. The highest BCUT2D eigenvalue weighted by molar-refractivity contribution is 5.55. The average Bonchev–Trinajstić information content (AvgIpc) is 1.82. The molecule has 2 heteroatoms. The molecule has 0 saturated heterocycles. The SMILES string of the molecule is CCC(C=O)OC(C)C. The molecule has 0 aliphatic carbocycles. The molecule has 0 aromatic carbocycles. The average molecular weight is 130 g/mol. The lowest BCUT2D eigenvalue weighted by Crippen LogP contribution is -2.17. The van der Waals surface area contributed by atoms with Crippen LogP contribution in [0.4, 0.5) is 0 Å². The van der Waals surface area contributed by atoms with Crippen molar-refractivity contribution in [2.45, 2.75) is 39.4 Å². The van der Waals surface area contributed by atoms with Gasteiger partial charge in [0, 0.05) is 0 Å². The quantitative estimate of drug-likeness (QED) is 0.537. The molecule has 0 N–H and O–H groups in total. The second kappa shape index (κ2) is 4.50. The van der Waals surface area contributed by atoms with Crippen LogP contribution in [0.5, 0.6) is 0 Å². The van der Waals surface area contributed by atoms with Crippen molar-refractivity contribution < 1.29 is 9.53 Å². The Morgan fingerprint density at radius 2 is 2.11 bits per heavy atom. The van der Waals surface area contributed by atoms with Crippen LogP contribution in [0.3, 0.4) is 0 Å². The zero-order valence-electron chi connectivity index (χ0n) is 6.26. The fourth-order valence-corrected chi connectivity index (χ4v) is 0.574. The number of ether oxygens (including phenoxy) is 1. The smallest absolute Gasteiger partial charge is 0.148 e. The highest BCUT2D eigenvalue weighted by atomic mass is 16.5.